The average molecular weight is 294 g/mol. The molecule has 120 valence electrons. The minimum Gasteiger partial charge on any atom is -0.382 e. The van der Waals surface area contributed by atoms with Crippen molar-refractivity contribution in [1.29, 1.82) is 0 Å². The summed E-state index contributed by atoms with van der Waals surface area (Å²) in [7, 11) is 0. The molecule has 0 unspecified atom stereocenters. The molecule has 0 aliphatic heterocycles. The number of unbranched alkanes of at least 4 members (excludes halogenated alkanes) is 6. The second-order valence-electron chi connectivity index (χ2n) is 5.62. The van der Waals surface area contributed by atoms with Gasteiger partial charge in [0.15, 0.2) is 0 Å². The van der Waals surface area contributed by atoms with E-state index < -0.39 is 0 Å². The van der Waals surface area contributed by atoms with Crippen LogP contribution in [0.25, 0.3) is 0 Å². The number of aromatic amines is 1. The third kappa shape index (κ3) is 6.65. The van der Waals surface area contributed by atoms with E-state index in [4.69, 9.17) is 5.73 Å². The number of rotatable bonds is 11. The van der Waals surface area contributed by atoms with Crippen LogP contribution in [-0.4, -0.2) is 34.1 Å². The standard InChI is InChI=1S/C16H30N4O/c1-3-5-7-9-11-20(12-10-8-6-4-2)16(21)14-13-15(17)19-18-14/h13H,3-12H2,1-2H3,(H3,17,18,19). The van der Waals surface area contributed by atoms with Crippen LogP contribution in [0.15, 0.2) is 6.07 Å². The van der Waals surface area contributed by atoms with Gasteiger partial charge in [-0.15, -0.1) is 0 Å². The van der Waals surface area contributed by atoms with Gasteiger partial charge in [-0.1, -0.05) is 52.4 Å². The van der Waals surface area contributed by atoms with Gasteiger partial charge in [0.1, 0.15) is 11.5 Å². The highest BCUT2D eigenvalue weighted by Gasteiger charge is 2.17. The van der Waals surface area contributed by atoms with Crippen molar-refractivity contribution in [2.45, 2.75) is 65.2 Å². The van der Waals surface area contributed by atoms with Crippen LogP contribution in [0.3, 0.4) is 0 Å². The molecule has 0 saturated carbocycles. The van der Waals surface area contributed by atoms with E-state index in [9.17, 15) is 4.79 Å². The van der Waals surface area contributed by atoms with E-state index >= 15 is 0 Å². The molecular weight excluding hydrogens is 264 g/mol. The lowest BCUT2D eigenvalue weighted by atomic mass is 10.1. The summed E-state index contributed by atoms with van der Waals surface area (Å²) in [6.45, 7) is 6.04. The fraction of sp³-hybridized carbons (Fsp3) is 0.750. The molecule has 1 aromatic rings. The molecule has 0 bridgehead atoms. The highest BCUT2D eigenvalue weighted by Crippen LogP contribution is 2.10. The van der Waals surface area contributed by atoms with Crippen LogP contribution in [-0.2, 0) is 0 Å². The molecule has 1 rings (SSSR count). The van der Waals surface area contributed by atoms with Gasteiger partial charge in [-0.3, -0.25) is 9.89 Å². The summed E-state index contributed by atoms with van der Waals surface area (Å²) in [6.07, 6.45) is 9.38. The monoisotopic (exact) mass is 294 g/mol. The molecular formula is C16H30N4O. The number of anilines is 1. The van der Waals surface area contributed by atoms with Crippen LogP contribution in [0, 0.1) is 0 Å². The first-order chi connectivity index (χ1) is 10.2. The minimum absolute atomic E-state index is 0.0206. The molecule has 21 heavy (non-hydrogen) atoms. The molecule has 0 radical (unpaired) electrons. The molecule has 5 heteroatoms. The Kier molecular flexibility index (Phi) is 8.55. The molecule has 1 heterocycles. The summed E-state index contributed by atoms with van der Waals surface area (Å²) in [5.41, 5.74) is 6.08. The normalized spacial score (nSPS) is 10.8. The maximum absolute atomic E-state index is 12.5. The number of amides is 1. The molecule has 1 amide bonds. The Morgan fingerprint density at radius 3 is 2.10 bits per heavy atom. The average Bonchev–Trinajstić information content (AvgIpc) is 2.91. The van der Waals surface area contributed by atoms with Gasteiger partial charge < -0.3 is 10.6 Å². The largest absolute Gasteiger partial charge is 0.382 e. The second kappa shape index (κ2) is 10.2. The third-order valence-electron chi connectivity index (χ3n) is 3.68. The number of nitrogens with zero attached hydrogens (tertiary/aromatic N) is 2. The van der Waals surface area contributed by atoms with Crippen LogP contribution >= 0.6 is 0 Å². The predicted octanol–water partition coefficient (Wildman–Crippen LogP) is 3.59. The Labute approximate surface area is 128 Å². The first-order valence-corrected chi connectivity index (χ1v) is 8.29. The lowest BCUT2D eigenvalue weighted by molar-refractivity contribution is 0.0743. The summed E-state index contributed by atoms with van der Waals surface area (Å²) in [4.78, 5) is 14.4. The molecule has 0 saturated heterocycles. The van der Waals surface area contributed by atoms with Crippen molar-refractivity contribution < 1.29 is 4.79 Å². The van der Waals surface area contributed by atoms with Crippen LogP contribution in [0.5, 0.6) is 0 Å². The third-order valence-corrected chi connectivity index (χ3v) is 3.68. The number of carbonyl (C=O) groups excluding carboxylic acids is 1. The molecule has 0 spiro atoms. The van der Waals surface area contributed by atoms with Crippen LogP contribution in [0.2, 0.25) is 0 Å². The number of nitrogen functional groups attached to an aromatic ring is 1. The van der Waals surface area contributed by atoms with Crippen molar-refractivity contribution >= 4 is 11.7 Å². The zero-order chi connectivity index (χ0) is 15.5. The van der Waals surface area contributed by atoms with Gasteiger partial charge in [-0.2, -0.15) is 5.10 Å². The van der Waals surface area contributed by atoms with Gasteiger partial charge in [0.25, 0.3) is 5.91 Å². The molecule has 0 aliphatic rings. The SMILES string of the molecule is CCCCCCN(CCCCCC)C(=O)c1cc(N)n[nH]1. The lowest BCUT2D eigenvalue weighted by Crippen LogP contribution is -2.33. The van der Waals surface area contributed by atoms with Gasteiger partial charge in [0.05, 0.1) is 0 Å². The highest BCUT2D eigenvalue weighted by molar-refractivity contribution is 5.92. The summed E-state index contributed by atoms with van der Waals surface area (Å²) < 4.78 is 0. The van der Waals surface area contributed by atoms with Gasteiger partial charge >= 0.3 is 0 Å². The molecule has 5 nitrogen and oxygen atoms in total. The smallest absolute Gasteiger partial charge is 0.271 e. The summed E-state index contributed by atoms with van der Waals surface area (Å²) in [5, 5.41) is 6.57. The Bertz CT molecular complexity index is 391. The van der Waals surface area contributed by atoms with Gasteiger partial charge in [-0.25, -0.2) is 0 Å². The van der Waals surface area contributed by atoms with E-state index in [2.05, 4.69) is 24.0 Å². The van der Waals surface area contributed by atoms with E-state index in [1.807, 2.05) is 4.90 Å². The molecule has 3 N–H and O–H groups in total. The van der Waals surface area contributed by atoms with E-state index in [0.717, 1.165) is 25.9 Å². The zero-order valence-electron chi connectivity index (χ0n) is 13.5. The second-order valence-corrected chi connectivity index (χ2v) is 5.62. The maximum atomic E-state index is 12.5. The number of hydrogen-bond donors (Lipinski definition) is 2. The van der Waals surface area contributed by atoms with Crippen LogP contribution in [0.4, 0.5) is 5.82 Å². The first-order valence-electron chi connectivity index (χ1n) is 8.29. The molecule has 0 fully saturated rings. The van der Waals surface area contributed by atoms with Crippen LogP contribution in [0.1, 0.15) is 75.7 Å². The molecule has 1 aromatic heterocycles. The number of H-pyrrole nitrogens is 1. The maximum Gasteiger partial charge on any atom is 0.271 e. The van der Waals surface area contributed by atoms with Gasteiger partial charge in [-0.05, 0) is 12.8 Å². The zero-order valence-corrected chi connectivity index (χ0v) is 13.5. The number of nitrogens with two attached hydrogens (primary N) is 1. The summed E-state index contributed by atoms with van der Waals surface area (Å²) in [5.74, 6) is 0.391. The minimum atomic E-state index is 0.0206. The van der Waals surface area contributed by atoms with E-state index in [1.165, 1.54) is 38.5 Å². The van der Waals surface area contributed by atoms with E-state index in [-0.39, 0.29) is 5.91 Å². The first kappa shape index (κ1) is 17.5. The van der Waals surface area contributed by atoms with E-state index in [1.54, 1.807) is 6.07 Å². The van der Waals surface area contributed by atoms with Gasteiger partial charge in [0.2, 0.25) is 0 Å². The highest BCUT2D eigenvalue weighted by atomic mass is 16.2. The number of carbonyl (C=O) groups is 1. The quantitative estimate of drug-likeness (QED) is 0.612. The Morgan fingerprint density at radius 2 is 1.67 bits per heavy atom. The van der Waals surface area contributed by atoms with Crippen molar-refractivity contribution in [2.75, 3.05) is 18.8 Å². The van der Waals surface area contributed by atoms with Crippen LogP contribution < -0.4 is 5.73 Å². The summed E-state index contributed by atoms with van der Waals surface area (Å²) >= 11 is 0. The predicted molar refractivity (Wildman–Crippen MR) is 87.2 cm³/mol. The molecule has 0 atom stereocenters. The van der Waals surface area contributed by atoms with Crippen molar-refractivity contribution in [3.8, 4) is 0 Å². The summed E-state index contributed by atoms with van der Waals surface area (Å²) in [6, 6.07) is 1.62. The number of nitrogens with one attached hydrogen (secondary N) is 1. The lowest BCUT2D eigenvalue weighted by Gasteiger charge is -2.22. The van der Waals surface area contributed by atoms with Crippen molar-refractivity contribution in [1.82, 2.24) is 15.1 Å². The van der Waals surface area contributed by atoms with E-state index in [0.29, 0.717) is 11.5 Å². The Hall–Kier alpha value is -1.52. The topological polar surface area (TPSA) is 75.0 Å². The fourth-order valence-corrected chi connectivity index (χ4v) is 2.39. The molecule has 0 aromatic carbocycles. The van der Waals surface area contributed by atoms with Crippen molar-refractivity contribution in [3.05, 3.63) is 11.8 Å². The van der Waals surface area contributed by atoms with Crippen molar-refractivity contribution in [2.24, 2.45) is 0 Å². The Balaban J connectivity index is 2.50. The fourth-order valence-electron chi connectivity index (χ4n) is 2.39. The number of aromatic nitrogens is 2. The Morgan fingerprint density at radius 1 is 1.10 bits per heavy atom. The molecule has 0 aliphatic carbocycles. The van der Waals surface area contributed by atoms with Gasteiger partial charge in [0, 0.05) is 19.2 Å². The van der Waals surface area contributed by atoms with Crippen molar-refractivity contribution in [3.63, 3.8) is 0 Å². The number of hydrogen-bond acceptors (Lipinski definition) is 3.